The topological polar surface area (TPSA) is 52.0 Å². The van der Waals surface area contributed by atoms with Crippen molar-refractivity contribution in [2.24, 2.45) is 0 Å². The zero-order valence-electron chi connectivity index (χ0n) is 7.00. The Bertz CT molecular complexity index is 468. The first-order valence-electron chi connectivity index (χ1n) is 3.84. The molecule has 1 heterocycles. The van der Waals surface area contributed by atoms with Crippen LogP contribution in [0.25, 0.3) is 11.3 Å². The molecule has 0 fully saturated rings. The van der Waals surface area contributed by atoms with Gasteiger partial charge in [-0.25, -0.2) is 8.78 Å². The molecular formula is C9H6F2N2O. The van der Waals surface area contributed by atoms with E-state index in [9.17, 15) is 8.78 Å². The molecule has 14 heavy (non-hydrogen) atoms. The molecule has 2 aromatic rings. The van der Waals surface area contributed by atoms with E-state index in [1.165, 1.54) is 12.1 Å². The second-order valence-corrected chi connectivity index (χ2v) is 2.74. The number of benzene rings is 1. The van der Waals surface area contributed by atoms with Gasteiger partial charge < -0.3 is 10.3 Å². The molecule has 0 spiro atoms. The molecule has 0 aliphatic heterocycles. The van der Waals surface area contributed by atoms with Crippen molar-refractivity contribution in [3.05, 3.63) is 35.9 Å². The fourth-order valence-electron chi connectivity index (χ4n) is 1.07. The fraction of sp³-hybridized carbons (Fsp3) is 0. The van der Waals surface area contributed by atoms with E-state index in [2.05, 4.69) is 5.16 Å². The largest absolute Gasteiger partial charge is 0.381 e. The Morgan fingerprint density at radius 1 is 1.14 bits per heavy atom. The summed E-state index contributed by atoms with van der Waals surface area (Å²) in [5, 5.41) is 3.43. The fourth-order valence-corrected chi connectivity index (χ4v) is 1.07. The summed E-state index contributed by atoms with van der Waals surface area (Å²) in [6.45, 7) is 0. The number of anilines is 1. The van der Waals surface area contributed by atoms with Gasteiger partial charge in [-0.1, -0.05) is 5.16 Å². The smallest absolute Gasteiger partial charge is 0.169 e. The minimum atomic E-state index is -0.933. The first-order chi connectivity index (χ1) is 6.66. The van der Waals surface area contributed by atoms with Gasteiger partial charge in [-0.05, 0) is 18.2 Å². The normalized spacial score (nSPS) is 10.4. The van der Waals surface area contributed by atoms with Crippen LogP contribution in [0.2, 0.25) is 0 Å². The number of rotatable bonds is 1. The standard InChI is InChI=1S/C9H6F2N2O/c10-6-2-1-5(3-7(6)11)8-4-9(12)13-14-8/h1-4H,(H2,12,13). The molecule has 0 unspecified atom stereocenters. The molecule has 0 aliphatic rings. The Kier molecular flexibility index (Phi) is 1.92. The van der Waals surface area contributed by atoms with E-state index in [1.54, 1.807) is 0 Å². The van der Waals surface area contributed by atoms with Crippen LogP contribution in [0.5, 0.6) is 0 Å². The van der Waals surface area contributed by atoms with Crippen molar-refractivity contribution in [2.75, 3.05) is 5.73 Å². The maximum atomic E-state index is 12.8. The molecule has 0 radical (unpaired) electrons. The van der Waals surface area contributed by atoms with Gasteiger partial charge in [0, 0.05) is 11.6 Å². The van der Waals surface area contributed by atoms with Crippen molar-refractivity contribution in [1.29, 1.82) is 0 Å². The number of nitrogen functional groups attached to an aromatic ring is 1. The van der Waals surface area contributed by atoms with Crippen LogP contribution >= 0.6 is 0 Å². The van der Waals surface area contributed by atoms with Crippen molar-refractivity contribution >= 4 is 5.82 Å². The molecule has 0 atom stereocenters. The lowest BCUT2D eigenvalue weighted by Gasteiger charge is -1.95. The molecule has 0 saturated carbocycles. The lowest BCUT2D eigenvalue weighted by molar-refractivity contribution is 0.435. The van der Waals surface area contributed by atoms with Gasteiger partial charge in [0.05, 0.1) is 0 Å². The second-order valence-electron chi connectivity index (χ2n) is 2.74. The summed E-state index contributed by atoms with van der Waals surface area (Å²) in [7, 11) is 0. The highest BCUT2D eigenvalue weighted by Crippen LogP contribution is 2.22. The first-order valence-corrected chi connectivity index (χ1v) is 3.84. The average Bonchev–Trinajstić information content (AvgIpc) is 2.57. The van der Waals surface area contributed by atoms with Gasteiger partial charge in [-0.2, -0.15) is 0 Å². The summed E-state index contributed by atoms with van der Waals surface area (Å²) >= 11 is 0. The number of hydrogen-bond acceptors (Lipinski definition) is 3. The van der Waals surface area contributed by atoms with E-state index in [1.807, 2.05) is 0 Å². The maximum absolute atomic E-state index is 12.8. The number of hydrogen-bond donors (Lipinski definition) is 1. The van der Waals surface area contributed by atoms with Crippen molar-refractivity contribution in [2.45, 2.75) is 0 Å². The summed E-state index contributed by atoms with van der Waals surface area (Å²) < 4.78 is 30.2. The van der Waals surface area contributed by atoms with Crippen LogP contribution in [0.3, 0.4) is 0 Å². The van der Waals surface area contributed by atoms with E-state index in [-0.39, 0.29) is 5.82 Å². The van der Waals surface area contributed by atoms with Crippen LogP contribution in [0, 0.1) is 11.6 Å². The van der Waals surface area contributed by atoms with Crippen molar-refractivity contribution in [3.63, 3.8) is 0 Å². The van der Waals surface area contributed by atoms with E-state index in [0.29, 0.717) is 11.3 Å². The number of nitrogens with two attached hydrogens (primary N) is 1. The summed E-state index contributed by atoms with van der Waals surface area (Å²) in [5.74, 6) is -1.33. The molecule has 2 N–H and O–H groups in total. The summed E-state index contributed by atoms with van der Waals surface area (Å²) in [6.07, 6.45) is 0. The molecule has 1 aromatic heterocycles. The summed E-state index contributed by atoms with van der Waals surface area (Å²) in [4.78, 5) is 0. The van der Waals surface area contributed by atoms with Crippen LogP contribution in [-0.2, 0) is 0 Å². The van der Waals surface area contributed by atoms with Gasteiger partial charge >= 0.3 is 0 Å². The minimum absolute atomic E-state index is 0.199. The lowest BCUT2D eigenvalue weighted by Crippen LogP contribution is -1.84. The third kappa shape index (κ3) is 1.44. The molecule has 2 rings (SSSR count). The van der Waals surface area contributed by atoms with Crippen LogP contribution in [0.4, 0.5) is 14.6 Å². The van der Waals surface area contributed by atoms with Gasteiger partial charge in [0.1, 0.15) is 0 Å². The highest BCUT2D eigenvalue weighted by atomic mass is 19.2. The molecular weight excluding hydrogens is 190 g/mol. The van der Waals surface area contributed by atoms with E-state index in [0.717, 1.165) is 12.1 Å². The monoisotopic (exact) mass is 196 g/mol. The quantitative estimate of drug-likeness (QED) is 0.760. The van der Waals surface area contributed by atoms with Crippen LogP contribution < -0.4 is 5.73 Å². The Morgan fingerprint density at radius 2 is 1.93 bits per heavy atom. The number of nitrogens with zero attached hydrogens (tertiary/aromatic N) is 1. The van der Waals surface area contributed by atoms with Gasteiger partial charge in [0.25, 0.3) is 0 Å². The Labute approximate surface area is 78.1 Å². The third-order valence-electron chi connectivity index (χ3n) is 1.73. The highest BCUT2D eigenvalue weighted by Gasteiger charge is 2.08. The summed E-state index contributed by atoms with van der Waals surface area (Å²) in [5.41, 5.74) is 5.71. The van der Waals surface area contributed by atoms with E-state index >= 15 is 0 Å². The van der Waals surface area contributed by atoms with Gasteiger partial charge in [0.2, 0.25) is 0 Å². The van der Waals surface area contributed by atoms with Crippen molar-refractivity contribution < 1.29 is 13.3 Å². The zero-order chi connectivity index (χ0) is 10.1. The molecule has 0 aliphatic carbocycles. The van der Waals surface area contributed by atoms with Crippen molar-refractivity contribution in [3.8, 4) is 11.3 Å². The number of halogens is 2. The van der Waals surface area contributed by atoms with Crippen molar-refractivity contribution in [1.82, 2.24) is 5.16 Å². The Morgan fingerprint density at radius 3 is 2.50 bits per heavy atom. The SMILES string of the molecule is Nc1cc(-c2ccc(F)c(F)c2)on1. The maximum Gasteiger partial charge on any atom is 0.169 e. The van der Waals surface area contributed by atoms with E-state index in [4.69, 9.17) is 10.3 Å². The van der Waals surface area contributed by atoms with Gasteiger partial charge in [0.15, 0.2) is 23.2 Å². The molecule has 0 bridgehead atoms. The average molecular weight is 196 g/mol. The Balaban J connectivity index is 2.47. The molecule has 0 amide bonds. The Hall–Kier alpha value is -1.91. The predicted molar refractivity (Wildman–Crippen MR) is 46.3 cm³/mol. The van der Waals surface area contributed by atoms with Crippen LogP contribution in [0.1, 0.15) is 0 Å². The zero-order valence-corrected chi connectivity index (χ0v) is 7.00. The molecule has 72 valence electrons. The van der Waals surface area contributed by atoms with Gasteiger partial charge in [-0.15, -0.1) is 0 Å². The summed E-state index contributed by atoms with van der Waals surface area (Å²) in [6, 6.07) is 4.86. The second kappa shape index (κ2) is 3.10. The first kappa shape index (κ1) is 8.68. The third-order valence-corrected chi connectivity index (χ3v) is 1.73. The van der Waals surface area contributed by atoms with Gasteiger partial charge in [-0.3, -0.25) is 0 Å². The van der Waals surface area contributed by atoms with E-state index < -0.39 is 11.6 Å². The molecule has 1 aromatic carbocycles. The highest BCUT2D eigenvalue weighted by molar-refractivity contribution is 5.59. The lowest BCUT2D eigenvalue weighted by atomic mass is 10.1. The minimum Gasteiger partial charge on any atom is -0.381 e. The van der Waals surface area contributed by atoms with Crippen LogP contribution in [0.15, 0.2) is 28.8 Å². The molecule has 0 saturated heterocycles. The number of aromatic nitrogens is 1. The molecule has 5 heteroatoms. The van der Waals surface area contributed by atoms with Crippen LogP contribution in [-0.4, -0.2) is 5.16 Å². The molecule has 3 nitrogen and oxygen atoms in total. The predicted octanol–water partition coefficient (Wildman–Crippen LogP) is 2.20.